The average molecular weight is 535 g/mol. The smallest absolute Gasteiger partial charge is 0.316 e. The van der Waals surface area contributed by atoms with Crippen molar-refractivity contribution in [2.45, 2.75) is 19.3 Å². The molecule has 0 aliphatic carbocycles. The van der Waals surface area contributed by atoms with Gasteiger partial charge in [-0.2, -0.15) is 9.78 Å². The third kappa shape index (κ3) is 6.23. The highest BCUT2D eigenvalue weighted by Crippen LogP contribution is 2.28. The van der Waals surface area contributed by atoms with Crippen molar-refractivity contribution in [3.63, 3.8) is 0 Å². The lowest BCUT2D eigenvalue weighted by atomic mass is 10.1. The lowest BCUT2D eigenvalue weighted by molar-refractivity contribution is 0.298. The Morgan fingerprint density at radius 3 is 2.32 bits per heavy atom. The molecule has 1 aromatic heterocycles. The number of hydrogen-bond acceptors (Lipinski definition) is 6. The van der Waals surface area contributed by atoms with Crippen LogP contribution in [0.2, 0.25) is 0 Å². The zero-order chi connectivity index (χ0) is 26.5. The van der Waals surface area contributed by atoms with E-state index in [0.717, 1.165) is 52.9 Å². The Bertz CT molecular complexity index is 1440. The Labute approximate surface area is 224 Å². The maximum atomic E-state index is 13.9. The molecule has 0 atom stereocenters. The molecule has 196 valence electrons. The van der Waals surface area contributed by atoms with E-state index >= 15 is 0 Å². The number of piperazine rings is 1. The Morgan fingerprint density at radius 1 is 0.895 bits per heavy atom. The number of nitrogens with zero attached hydrogens (tertiary/aromatic N) is 4. The van der Waals surface area contributed by atoms with Crippen LogP contribution in [0, 0.1) is 18.6 Å². The van der Waals surface area contributed by atoms with Gasteiger partial charge < -0.3 is 9.64 Å². The van der Waals surface area contributed by atoms with Gasteiger partial charge in [-0.15, -0.1) is 0 Å². The van der Waals surface area contributed by atoms with Crippen molar-refractivity contribution >= 4 is 17.6 Å². The molecule has 0 N–H and O–H groups in total. The van der Waals surface area contributed by atoms with Crippen molar-refractivity contribution in [1.29, 1.82) is 0 Å². The van der Waals surface area contributed by atoms with Gasteiger partial charge in [0.25, 0.3) is 0 Å². The Kier molecular flexibility index (Phi) is 8.05. The van der Waals surface area contributed by atoms with Crippen LogP contribution in [-0.4, -0.2) is 40.3 Å². The first-order valence-corrected chi connectivity index (χ1v) is 13.3. The first-order valence-electron chi connectivity index (χ1n) is 12.4. The highest BCUT2D eigenvalue weighted by atomic mass is 32.2. The summed E-state index contributed by atoms with van der Waals surface area (Å²) < 4.78 is 37.2. The number of anilines is 1. The van der Waals surface area contributed by atoms with Crippen LogP contribution in [0.15, 0.2) is 83.8 Å². The van der Waals surface area contributed by atoms with E-state index in [-0.39, 0.29) is 18.0 Å². The second-order valence-electron chi connectivity index (χ2n) is 9.16. The van der Waals surface area contributed by atoms with Crippen LogP contribution in [0.3, 0.4) is 0 Å². The topological polar surface area (TPSA) is 50.6 Å². The molecule has 0 bridgehead atoms. The fourth-order valence-corrected chi connectivity index (χ4v) is 5.34. The van der Waals surface area contributed by atoms with Gasteiger partial charge in [-0.1, -0.05) is 72.1 Å². The molecule has 1 aliphatic rings. The summed E-state index contributed by atoms with van der Waals surface area (Å²) in [5.41, 5.74) is 3.27. The molecular weight excluding hydrogens is 506 g/mol. The van der Waals surface area contributed by atoms with Gasteiger partial charge in [-0.05, 0) is 30.2 Å². The van der Waals surface area contributed by atoms with Crippen LogP contribution in [0.5, 0.6) is 5.75 Å². The predicted molar refractivity (Wildman–Crippen MR) is 147 cm³/mol. The van der Waals surface area contributed by atoms with Crippen LogP contribution in [0.25, 0.3) is 5.69 Å². The third-order valence-corrected chi connectivity index (χ3v) is 7.50. The molecular formula is C29H28F2N4O2S. The van der Waals surface area contributed by atoms with Crippen molar-refractivity contribution in [2.75, 3.05) is 31.1 Å². The molecule has 1 aliphatic heterocycles. The van der Waals surface area contributed by atoms with Gasteiger partial charge in [-0.25, -0.2) is 13.1 Å². The Balaban J connectivity index is 1.38. The van der Waals surface area contributed by atoms with Gasteiger partial charge in [0.05, 0.1) is 11.9 Å². The number of rotatable bonds is 8. The van der Waals surface area contributed by atoms with Gasteiger partial charge in [0.1, 0.15) is 23.9 Å². The highest BCUT2D eigenvalue weighted by Gasteiger charge is 2.24. The summed E-state index contributed by atoms with van der Waals surface area (Å²) >= 11 is 1.79. The van der Waals surface area contributed by atoms with Gasteiger partial charge >= 0.3 is 5.56 Å². The molecule has 0 spiro atoms. The molecule has 6 nitrogen and oxygen atoms in total. The summed E-state index contributed by atoms with van der Waals surface area (Å²) in [6.45, 7) is 5.13. The lowest BCUT2D eigenvalue weighted by Gasteiger charge is -2.35. The lowest BCUT2D eigenvalue weighted by Crippen LogP contribution is -2.44. The van der Waals surface area contributed by atoms with E-state index in [2.05, 4.69) is 26.4 Å². The van der Waals surface area contributed by atoms with E-state index in [0.29, 0.717) is 18.8 Å². The molecule has 9 heteroatoms. The van der Waals surface area contributed by atoms with E-state index in [1.165, 1.54) is 5.56 Å². The minimum atomic E-state index is -0.788. The van der Waals surface area contributed by atoms with Crippen LogP contribution >= 0.6 is 11.9 Å². The molecule has 3 aromatic carbocycles. The maximum absolute atomic E-state index is 13.9. The van der Waals surface area contributed by atoms with Gasteiger partial charge in [0.2, 0.25) is 5.75 Å². The van der Waals surface area contributed by atoms with Crippen molar-refractivity contribution in [3.05, 3.63) is 118 Å². The summed E-state index contributed by atoms with van der Waals surface area (Å²) in [5.74, 6) is -0.571. The molecule has 2 heterocycles. The predicted octanol–water partition coefficient (Wildman–Crippen LogP) is 5.37. The molecule has 4 aromatic rings. The Hall–Kier alpha value is -3.69. The van der Waals surface area contributed by atoms with Crippen molar-refractivity contribution in [2.24, 2.45) is 0 Å². The maximum Gasteiger partial charge on any atom is 0.316 e. The summed E-state index contributed by atoms with van der Waals surface area (Å²) in [5, 5.41) is 4.26. The monoisotopic (exact) mass is 534 g/mol. The second kappa shape index (κ2) is 11.8. The minimum absolute atomic E-state index is 0.00147. The van der Waals surface area contributed by atoms with Crippen molar-refractivity contribution < 1.29 is 13.5 Å². The summed E-state index contributed by atoms with van der Waals surface area (Å²) in [7, 11) is 0. The summed E-state index contributed by atoms with van der Waals surface area (Å²) in [6, 6.07) is 21.1. The van der Waals surface area contributed by atoms with Crippen LogP contribution in [-0.2, 0) is 12.4 Å². The standard InChI is InChI=1S/C29H28F2N4O2S/c1-21-6-5-9-23(14-21)19-37-28-27(18-32-35(29(28)36)26-16-24(30)15-25(31)17-26)33-10-12-34(13-11-33)38-20-22-7-3-2-4-8-22/h2-9,14-18H,10-13,19-20H2,1H3. The zero-order valence-electron chi connectivity index (χ0n) is 21.0. The fraction of sp³-hybridized carbons (Fsp3) is 0.241. The molecule has 0 unspecified atom stereocenters. The quantitative estimate of drug-likeness (QED) is 0.284. The van der Waals surface area contributed by atoms with E-state index in [9.17, 15) is 13.6 Å². The summed E-state index contributed by atoms with van der Waals surface area (Å²) in [4.78, 5) is 15.6. The van der Waals surface area contributed by atoms with Gasteiger partial charge in [0, 0.05) is 38.0 Å². The fourth-order valence-electron chi connectivity index (χ4n) is 4.39. The van der Waals surface area contributed by atoms with Crippen LogP contribution in [0.4, 0.5) is 14.5 Å². The van der Waals surface area contributed by atoms with Crippen LogP contribution < -0.4 is 15.2 Å². The summed E-state index contributed by atoms with van der Waals surface area (Å²) in [6.07, 6.45) is 1.54. The molecule has 38 heavy (non-hydrogen) atoms. The first-order chi connectivity index (χ1) is 18.5. The first kappa shape index (κ1) is 25.9. The average Bonchev–Trinajstić information content (AvgIpc) is 2.91. The van der Waals surface area contributed by atoms with E-state index in [1.54, 1.807) is 18.1 Å². The number of halogens is 2. The Morgan fingerprint density at radius 2 is 1.61 bits per heavy atom. The molecule has 0 radical (unpaired) electrons. The second-order valence-corrected chi connectivity index (χ2v) is 10.2. The number of hydrogen-bond donors (Lipinski definition) is 0. The normalized spacial score (nSPS) is 14.0. The number of aryl methyl sites for hydroxylation is 1. The number of aromatic nitrogens is 2. The molecule has 0 saturated carbocycles. The van der Waals surface area contributed by atoms with E-state index in [4.69, 9.17) is 4.74 Å². The van der Waals surface area contributed by atoms with Crippen molar-refractivity contribution in [1.82, 2.24) is 14.1 Å². The molecule has 1 saturated heterocycles. The van der Waals surface area contributed by atoms with Crippen LogP contribution in [0.1, 0.15) is 16.7 Å². The van der Waals surface area contributed by atoms with Gasteiger partial charge in [0.15, 0.2) is 0 Å². The van der Waals surface area contributed by atoms with E-state index < -0.39 is 17.2 Å². The highest BCUT2D eigenvalue weighted by molar-refractivity contribution is 7.96. The largest absolute Gasteiger partial charge is 0.481 e. The molecule has 0 amide bonds. The van der Waals surface area contributed by atoms with E-state index in [1.807, 2.05) is 49.4 Å². The molecule has 1 fully saturated rings. The number of ether oxygens (including phenoxy) is 1. The third-order valence-electron chi connectivity index (χ3n) is 6.31. The minimum Gasteiger partial charge on any atom is -0.481 e. The SMILES string of the molecule is Cc1cccc(COc2c(N3CCN(SCc4ccccc4)CC3)cnn(-c3cc(F)cc(F)c3)c2=O)c1. The van der Waals surface area contributed by atoms with Gasteiger partial charge in [-0.3, -0.25) is 4.79 Å². The zero-order valence-corrected chi connectivity index (χ0v) is 21.8. The molecule has 5 rings (SSSR count). The van der Waals surface area contributed by atoms with Crippen molar-refractivity contribution in [3.8, 4) is 11.4 Å². The number of benzene rings is 3.